The van der Waals surface area contributed by atoms with E-state index in [2.05, 4.69) is 16.7 Å². The van der Waals surface area contributed by atoms with E-state index in [9.17, 15) is 19.6 Å². The summed E-state index contributed by atoms with van der Waals surface area (Å²) in [7, 11) is 0. The predicted octanol–water partition coefficient (Wildman–Crippen LogP) is 4.83. The molecule has 2 amide bonds. The minimum Gasteiger partial charge on any atom is -0.480 e. The van der Waals surface area contributed by atoms with Crippen LogP contribution < -0.4 is 10.6 Å². The van der Waals surface area contributed by atoms with Crippen LogP contribution >= 0.6 is 11.8 Å². The molecule has 0 saturated carbocycles. The van der Waals surface area contributed by atoms with Gasteiger partial charge in [0.2, 0.25) is 5.91 Å². The van der Waals surface area contributed by atoms with Gasteiger partial charge in [0.15, 0.2) is 0 Å². The van der Waals surface area contributed by atoms with Crippen molar-refractivity contribution in [1.82, 2.24) is 10.3 Å². The molecule has 0 unspecified atom stereocenters. The van der Waals surface area contributed by atoms with Gasteiger partial charge in [-0.05, 0) is 35.9 Å². The third kappa shape index (κ3) is 6.63. The summed E-state index contributed by atoms with van der Waals surface area (Å²) < 4.78 is 0. The zero-order valence-electron chi connectivity index (χ0n) is 20.0. The van der Waals surface area contributed by atoms with Gasteiger partial charge in [-0.3, -0.25) is 14.4 Å². The Morgan fingerprint density at radius 1 is 0.895 bits per heavy atom. The number of rotatable bonds is 9. The van der Waals surface area contributed by atoms with Gasteiger partial charge in [0.05, 0.1) is 17.0 Å². The molecule has 188 valence electrons. The zero-order chi connectivity index (χ0) is 26.9. The summed E-state index contributed by atoms with van der Waals surface area (Å²) in [5, 5.41) is 24.2. The molecule has 38 heavy (non-hydrogen) atoms. The number of nitriles is 1. The number of amides is 2. The highest BCUT2D eigenvalue weighted by Crippen LogP contribution is 2.34. The van der Waals surface area contributed by atoms with Gasteiger partial charge in [0, 0.05) is 22.4 Å². The third-order valence-electron chi connectivity index (χ3n) is 5.42. The standard InChI is InChI=1S/C29H22N4O4S/c30-16-24-23(19-7-3-1-4-8-19)15-25(20-9-5-2-6-10-20)33-29(24)38-18-26(34)32-22-13-11-21(12-14-22)28(37)31-17-27(35)36/h1-15H,17-18H2,(H,31,37)(H,32,34)(H,35,36). The van der Waals surface area contributed by atoms with Gasteiger partial charge in [0.25, 0.3) is 5.91 Å². The van der Waals surface area contributed by atoms with E-state index in [1.54, 1.807) is 12.1 Å². The van der Waals surface area contributed by atoms with Crippen molar-refractivity contribution in [2.75, 3.05) is 17.6 Å². The van der Waals surface area contributed by atoms with Gasteiger partial charge in [-0.2, -0.15) is 5.26 Å². The second-order valence-corrected chi connectivity index (χ2v) is 9.03. The minimum atomic E-state index is -1.14. The van der Waals surface area contributed by atoms with Gasteiger partial charge in [-0.25, -0.2) is 4.98 Å². The lowest BCUT2D eigenvalue weighted by molar-refractivity contribution is -0.135. The number of thioether (sulfide) groups is 1. The number of benzene rings is 3. The first-order chi connectivity index (χ1) is 18.4. The maximum absolute atomic E-state index is 12.7. The molecule has 4 rings (SSSR count). The van der Waals surface area contributed by atoms with Crippen LogP contribution in [0.2, 0.25) is 0 Å². The average molecular weight is 523 g/mol. The normalized spacial score (nSPS) is 10.3. The van der Waals surface area contributed by atoms with Gasteiger partial charge >= 0.3 is 5.97 Å². The number of carbonyl (C=O) groups excluding carboxylic acids is 2. The van der Waals surface area contributed by atoms with Crippen molar-refractivity contribution < 1.29 is 19.5 Å². The molecule has 0 radical (unpaired) electrons. The number of carboxylic acid groups (broad SMARTS) is 1. The molecule has 3 N–H and O–H groups in total. The summed E-state index contributed by atoms with van der Waals surface area (Å²) >= 11 is 1.17. The Balaban J connectivity index is 1.52. The van der Waals surface area contributed by atoms with Crippen molar-refractivity contribution in [3.8, 4) is 28.5 Å². The summed E-state index contributed by atoms with van der Waals surface area (Å²) in [4.78, 5) is 40.0. The number of aliphatic carboxylic acids is 1. The van der Waals surface area contributed by atoms with E-state index in [1.807, 2.05) is 66.7 Å². The molecule has 8 nitrogen and oxygen atoms in total. The number of nitrogens with one attached hydrogen (secondary N) is 2. The smallest absolute Gasteiger partial charge is 0.322 e. The second kappa shape index (κ2) is 12.3. The Hall–Kier alpha value is -4.94. The number of anilines is 1. The highest BCUT2D eigenvalue weighted by atomic mass is 32.2. The van der Waals surface area contributed by atoms with E-state index in [4.69, 9.17) is 10.1 Å². The highest BCUT2D eigenvalue weighted by Gasteiger charge is 2.17. The van der Waals surface area contributed by atoms with Crippen LogP contribution in [0.1, 0.15) is 15.9 Å². The topological polar surface area (TPSA) is 132 Å². The number of hydrogen-bond donors (Lipinski definition) is 3. The van der Waals surface area contributed by atoms with Crippen molar-refractivity contribution in [3.05, 3.63) is 102 Å². The first-order valence-corrected chi connectivity index (χ1v) is 12.5. The van der Waals surface area contributed by atoms with E-state index in [1.165, 1.54) is 23.9 Å². The molecule has 4 aromatic rings. The number of pyridine rings is 1. The zero-order valence-corrected chi connectivity index (χ0v) is 20.9. The monoisotopic (exact) mass is 522 g/mol. The van der Waals surface area contributed by atoms with Crippen LogP contribution in [0.5, 0.6) is 0 Å². The Kier molecular flexibility index (Phi) is 8.49. The van der Waals surface area contributed by atoms with E-state index in [-0.39, 0.29) is 17.2 Å². The van der Waals surface area contributed by atoms with Crippen LogP contribution in [-0.2, 0) is 9.59 Å². The highest BCUT2D eigenvalue weighted by molar-refractivity contribution is 8.00. The van der Waals surface area contributed by atoms with E-state index >= 15 is 0 Å². The molecular formula is C29H22N4O4S. The maximum atomic E-state index is 12.7. The Bertz CT molecular complexity index is 1500. The summed E-state index contributed by atoms with van der Waals surface area (Å²) in [5.74, 6) is -1.97. The van der Waals surface area contributed by atoms with Gasteiger partial charge in [-0.15, -0.1) is 0 Å². The quantitative estimate of drug-likeness (QED) is 0.268. The van der Waals surface area contributed by atoms with Crippen molar-refractivity contribution in [2.24, 2.45) is 0 Å². The molecule has 1 aromatic heterocycles. The Morgan fingerprint density at radius 3 is 2.13 bits per heavy atom. The number of hydrogen-bond acceptors (Lipinski definition) is 6. The number of carbonyl (C=O) groups is 3. The molecule has 0 fully saturated rings. The molecule has 0 spiro atoms. The number of nitrogens with zero attached hydrogens (tertiary/aromatic N) is 2. The van der Waals surface area contributed by atoms with Crippen LogP contribution in [0.15, 0.2) is 96.0 Å². The van der Waals surface area contributed by atoms with E-state index in [0.717, 1.165) is 16.7 Å². The summed E-state index contributed by atoms with van der Waals surface area (Å²) in [6.45, 7) is -0.481. The van der Waals surface area contributed by atoms with Crippen molar-refractivity contribution in [2.45, 2.75) is 5.03 Å². The molecule has 0 aliphatic heterocycles. The lowest BCUT2D eigenvalue weighted by Crippen LogP contribution is -2.29. The fourth-order valence-electron chi connectivity index (χ4n) is 3.63. The fraction of sp³-hybridized carbons (Fsp3) is 0.0690. The number of aromatic nitrogens is 1. The van der Waals surface area contributed by atoms with Crippen LogP contribution in [0, 0.1) is 11.3 Å². The van der Waals surface area contributed by atoms with Crippen LogP contribution in [0.3, 0.4) is 0 Å². The number of carboxylic acids is 1. The lowest BCUT2D eigenvalue weighted by atomic mass is 9.99. The molecule has 0 aliphatic rings. The Morgan fingerprint density at radius 2 is 1.53 bits per heavy atom. The molecule has 0 aliphatic carbocycles. The summed E-state index contributed by atoms with van der Waals surface area (Å²) in [6.07, 6.45) is 0. The molecule has 0 saturated heterocycles. The first kappa shape index (κ1) is 26.1. The van der Waals surface area contributed by atoms with Crippen LogP contribution in [0.4, 0.5) is 5.69 Å². The molecule has 3 aromatic carbocycles. The SMILES string of the molecule is N#Cc1c(-c2ccccc2)cc(-c2ccccc2)nc1SCC(=O)Nc1ccc(C(=O)NCC(=O)O)cc1. The van der Waals surface area contributed by atoms with Gasteiger partial charge in [-0.1, -0.05) is 72.4 Å². The average Bonchev–Trinajstić information content (AvgIpc) is 2.95. The maximum Gasteiger partial charge on any atom is 0.322 e. The fourth-order valence-corrected chi connectivity index (χ4v) is 4.43. The summed E-state index contributed by atoms with van der Waals surface area (Å²) in [5.41, 5.74) is 4.35. The van der Waals surface area contributed by atoms with Gasteiger partial charge < -0.3 is 15.7 Å². The van der Waals surface area contributed by atoms with Crippen LogP contribution in [0.25, 0.3) is 22.4 Å². The largest absolute Gasteiger partial charge is 0.480 e. The van der Waals surface area contributed by atoms with E-state index in [0.29, 0.717) is 22.0 Å². The van der Waals surface area contributed by atoms with Crippen molar-refractivity contribution in [3.63, 3.8) is 0 Å². The van der Waals surface area contributed by atoms with Crippen molar-refractivity contribution >= 4 is 35.2 Å². The van der Waals surface area contributed by atoms with E-state index < -0.39 is 18.4 Å². The minimum absolute atomic E-state index is 0.00893. The lowest BCUT2D eigenvalue weighted by Gasteiger charge is -2.13. The molecule has 0 bridgehead atoms. The van der Waals surface area contributed by atoms with Crippen LogP contribution in [-0.4, -0.2) is 40.2 Å². The molecule has 0 atom stereocenters. The second-order valence-electron chi connectivity index (χ2n) is 8.07. The Labute approximate surface area is 223 Å². The molecule has 9 heteroatoms. The van der Waals surface area contributed by atoms with Crippen molar-refractivity contribution in [1.29, 1.82) is 5.26 Å². The molecular weight excluding hydrogens is 500 g/mol. The molecule has 1 heterocycles. The first-order valence-electron chi connectivity index (χ1n) is 11.5. The summed E-state index contributed by atoms with van der Waals surface area (Å²) in [6, 6.07) is 29.4. The third-order valence-corrected chi connectivity index (χ3v) is 6.40. The van der Waals surface area contributed by atoms with Gasteiger partial charge in [0.1, 0.15) is 17.6 Å². The predicted molar refractivity (Wildman–Crippen MR) is 146 cm³/mol.